The van der Waals surface area contributed by atoms with Crippen molar-refractivity contribution < 1.29 is 12.6 Å². The average Bonchev–Trinajstić information content (AvgIpc) is 2.61. The molecule has 3 N–H and O–H groups in total. The summed E-state index contributed by atoms with van der Waals surface area (Å²) in [6.07, 6.45) is 4.78. The highest BCUT2D eigenvalue weighted by molar-refractivity contribution is 7.89. The Bertz CT molecular complexity index is 537. The van der Waals surface area contributed by atoms with E-state index >= 15 is 0 Å². The van der Waals surface area contributed by atoms with Gasteiger partial charge in [-0.1, -0.05) is 13.3 Å². The van der Waals surface area contributed by atoms with Crippen molar-refractivity contribution in [1.29, 1.82) is 0 Å². The smallest absolute Gasteiger partial charge is 0.211 e. The lowest BCUT2D eigenvalue weighted by atomic mass is 9.95. The second-order valence-corrected chi connectivity index (χ2v) is 10.3. The zero-order valence-electron chi connectivity index (χ0n) is 15.7. The Hall–Kier alpha value is -0.670. The normalized spacial score (nSPS) is 23.2. The van der Waals surface area contributed by atoms with Crippen LogP contribution in [-0.4, -0.2) is 61.0 Å². The number of nitrogens with zero attached hydrogens (tertiary/aromatic N) is 1. The number of guanidine groups is 1. The predicted molar refractivity (Wildman–Crippen MR) is 106 cm³/mol. The molecule has 1 aliphatic carbocycles. The molecule has 1 fully saturated rings. The van der Waals surface area contributed by atoms with Crippen molar-refractivity contribution in [2.75, 3.05) is 31.1 Å². The zero-order valence-corrected chi connectivity index (χ0v) is 17.3. The zero-order chi connectivity index (χ0) is 18.7. The van der Waals surface area contributed by atoms with Crippen LogP contribution in [0.5, 0.6) is 0 Å². The van der Waals surface area contributed by atoms with Crippen LogP contribution in [0.15, 0.2) is 4.99 Å². The molecule has 0 saturated heterocycles. The van der Waals surface area contributed by atoms with E-state index in [1.165, 1.54) is 0 Å². The van der Waals surface area contributed by atoms with Gasteiger partial charge in [0.2, 0.25) is 10.0 Å². The summed E-state index contributed by atoms with van der Waals surface area (Å²) in [5, 5.41) is 6.96. The molecule has 1 rings (SSSR count). The van der Waals surface area contributed by atoms with Crippen LogP contribution in [0.3, 0.4) is 0 Å². The average molecular weight is 395 g/mol. The Morgan fingerprint density at radius 2 is 2.00 bits per heavy atom. The lowest BCUT2D eigenvalue weighted by Gasteiger charge is -2.30. The predicted octanol–water partition coefficient (Wildman–Crippen LogP) is 0.951. The minimum absolute atomic E-state index is 0.0996. The molecule has 148 valence electrons. The first-order chi connectivity index (χ1) is 11.9. The topological polar surface area (TPSA) is 99.7 Å². The van der Waals surface area contributed by atoms with Crippen LogP contribution < -0.4 is 15.4 Å². The quantitative estimate of drug-likeness (QED) is 0.291. The van der Waals surface area contributed by atoms with Crippen molar-refractivity contribution in [1.82, 2.24) is 15.4 Å². The van der Waals surface area contributed by atoms with Gasteiger partial charge in [0.25, 0.3) is 0 Å². The molecule has 0 amide bonds. The summed E-state index contributed by atoms with van der Waals surface area (Å²) in [4.78, 5) is 4.53. The molecule has 0 aromatic rings. The van der Waals surface area contributed by atoms with Crippen molar-refractivity contribution in [3.05, 3.63) is 0 Å². The maximum Gasteiger partial charge on any atom is 0.211 e. The fourth-order valence-electron chi connectivity index (χ4n) is 2.86. The van der Waals surface area contributed by atoms with Gasteiger partial charge in [-0.2, -0.15) is 0 Å². The summed E-state index contributed by atoms with van der Waals surface area (Å²) >= 11 is 0. The van der Waals surface area contributed by atoms with Crippen LogP contribution in [0.25, 0.3) is 0 Å². The van der Waals surface area contributed by atoms with E-state index in [0.717, 1.165) is 43.9 Å². The molecule has 1 saturated carbocycles. The summed E-state index contributed by atoms with van der Waals surface area (Å²) in [7, 11) is -3.86. The largest absolute Gasteiger partial charge is 0.357 e. The van der Waals surface area contributed by atoms with Crippen LogP contribution in [0.1, 0.15) is 52.9 Å². The third-order valence-electron chi connectivity index (χ3n) is 4.27. The van der Waals surface area contributed by atoms with E-state index in [-0.39, 0.29) is 11.0 Å². The Kier molecular flexibility index (Phi) is 10.6. The number of rotatable bonds is 10. The SMILES string of the molecule is CCNC(=NCCCNS(=O)(=O)CC)NC1CCCC(S(=O)CC)C1. The standard InChI is InChI=1S/C16H34N4O3S2/c1-4-17-16(18-11-8-12-19-25(22,23)6-3)20-14-9-7-10-15(13-14)24(21)5-2/h14-15,19H,4-13H2,1-3H3,(H2,17,18,20). The summed E-state index contributed by atoms with van der Waals surface area (Å²) in [5.41, 5.74) is 0. The molecule has 0 radical (unpaired) electrons. The van der Waals surface area contributed by atoms with E-state index in [1.807, 2.05) is 13.8 Å². The third-order valence-corrected chi connectivity index (χ3v) is 7.42. The highest BCUT2D eigenvalue weighted by atomic mass is 32.2. The Morgan fingerprint density at radius 1 is 1.24 bits per heavy atom. The Labute approximate surface area is 155 Å². The molecule has 0 aromatic heterocycles. The second kappa shape index (κ2) is 11.9. The molecular weight excluding hydrogens is 360 g/mol. The van der Waals surface area contributed by atoms with E-state index in [4.69, 9.17) is 0 Å². The van der Waals surface area contributed by atoms with Crippen LogP contribution in [0.2, 0.25) is 0 Å². The van der Waals surface area contributed by atoms with Gasteiger partial charge in [-0.15, -0.1) is 0 Å². The summed E-state index contributed by atoms with van der Waals surface area (Å²) < 4.78 is 37.4. The summed E-state index contributed by atoms with van der Waals surface area (Å²) in [6, 6.07) is 0.297. The lowest BCUT2D eigenvalue weighted by molar-refractivity contribution is 0.413. The molecule has 9 heteroatoms. The summed E-state index contributed by atoms with van der Waals surface area (Å²) in [6.45, 7) is 7.34. The second-order valence-electron chi connectivity index (χ2n) is 6.21. The molecule has 0 aliphatic heterocycles. The minimum Gasteiger partial charge on any atom is -0.357 e. The fraction of sp³-hybridized carbons (Fsp3) is 0.938. The number of nitrogens with one attached hydrogen (secondary N) is 3. The van der Waals surface area contributed by atoms with Gasteiger partial charge in [-0.05, 0) is 39.5 Å². The molecule has 0 bridgehead atoms. The first-order valence-electron chi connectivity index (χ1n) is 9.31. The Balaban J connectivity index is 2.45. The van der Waals surface area contributed by atoms with Crippen molar-refractivity contribution in [2.24, 2.45) is 4.99 Å². The highest BCUT2D eigenvalue weighted by Gasteiger charge is 2.25. The van der Waals surface area contributed by atoms with Gasteiger partial charge in [0.05, 0.1) is 5.75 Å². The third kappa shape index (κ3) is 9.01. The van der Waals surface area contributed by atoms with Gasteiger partial charge in [-0.25, -0.2) is 13.1 Å². The lowest BCUT2D eigenvalue weighted by Crippen LogP contribution is -2.46. The van der Waals surface area contributed by atoms with Gasteiger partial charge in [0, 0.05) is 47.5 Å². The van der Waals surface area contributed by atoms with Crippen LogP contribution >= 0.6 is 0 Å². The van der Waals surface area contributed by atoms with Gasteiger partial charge in [0.15, 0.2) is 5.96 Å². The van der Waals surface area contributed by atoms with E-state index in [9.17, 15) is 12.6 Å². The Morgan fingerprint density at radius 3 is 2.64 bits per heavy atom. The highest BCUT2D eigenvalue weighted by Crippen LogP contribution is 2.22. The number of hydrogen-bond acceptors (Lipinski definition) is 4. The molecular formula is C16H34N4O3S2. The van der Waals surface area contributed by atoms with E-state index in [0.29, 0.717) is 25.6 Å². The molecule has 3 atom stereocenters. The van der Waals surface area contributed by atoms with Crippen LogP contribution in [0.4, 0.5) is 0 Å². The maximum atomic E-state index is 12.1. The molecule has 1 aliphatic rings. The van der Waals surface area contributed by atoms with Gasteiger partial charge >= 0.3 is 0 Å². The van der Waals surface area contributed by atoms with E-state index in [1.54, 1.807) is 6.92 Å². The first-order valence-corrected chi connectivity index (χ1v) is 12.3. The van der Waals surface area contributed by atoms with Crippen molar-refractivity contribution >= 4 is 26.8 Å². The number of sulfonamides is 1. The number of aliphatic imine (C=N–C) groups is 1. The minimum atomic E-state index is -3.13. The van der Waals surface area contributed by atoms with Crippen molar-refractivity contribution in [3.8, 4) is 0 Å². The fourth-order valence-corrected chi connectivity index (χ4v) is 4.87. The van der Waals surface area contributed by atoms with E-state index in [2.05, 4.69) is 20.3 Å². The number of hydrogen-bond donors (Lipinski definition) is 3. The molecule has 0 aromatic carbocycles. The molecule has 25 heavy (non-hydrogen) atoms. The van der Waals surface area contributed by atoms with Crippen LogP contribution in [0, 0.1) is 0 Å². The molecule has 0 heterocycles. The van der Waals surface area contributed by atoms with Crippen molar-refractivity contribution in [3.63, 3.8) is 0 Å². The molecule has 7 nitrogen and oxygen atoms in total. The first kappa shape index (κ1) is 22.4. The van der Waals surface area contributed by atoms with Gasteiger partial charge in [0.1, 0.15) is 0 Å². The van der Waals surface area contributed by atoms with Gasteiger partial charge < -0.3 is 10.6 Å². The monoisotopic (exact) mass is 394 g/mol. The van der Waals surface area contributed by atoms with Crippen molar-refractivity contribution in [2.45, 2.75) is 64.2 Å². The molecule has 0 spiro atoms. The van der Waals surface area contributed by atoms with Crippen LogP contribution in [-0.2, 0) is 20.8 Å². The summed E-state index contributed by atoms with van der Waals surface area (Å²) in [5.74, 6) is 1.58. The molecule has 3 unspecified atom stereocenters. The van der Waals surface area contributed by atoms with Gasteiger partial charge in [-0.3, -0.25) is 9.20 Å². The van der Waals surface area contributed by atoms with E-state index < -0.39 is 20.8 Å². The maximum absolute atomic E-state index is 12.1.